The van der Waals surface area contributed by atoms with Crippen molar-refractivity contribution in [2.45, 2.75) is 12.4 Å². The van der Waals surface area contributed by atoms with Crippen molar-refractivity contribution < 1.29 is 41.0 Å². The fraction of sp³-hybridized carbons (Fsp3) is 0.0667. The topological polar surface area (TPSA) is 115 Å². The molecule has 4 aromatic heterocycles. The molecule has 4 heterocycles. The van der Waals surface area contributed by atoms with E-state index in [-0.39, 0.29) is 28.0 Å². The molecule has 0 aliphatic carbocycles. The van der Waals surface area contributed by atoms with Crippen LogP contribution in [0.5, 0.6) is 0 Å². The highest BCUT2D eigenvalue weighted by molar-refractivity contribution is 5.99. The van der Waals surface area contributed by atoms with Crippen LogP contribution in [0.4, 0.5) is 26.3 Å². The van der Waals surface area contributed by atoms with Crippen LogP contribution in [0.25, 0.3) is 33.8 Å². The Morgan fingerprint density at radius 3 is 1.50 bits per heavy atom. The number of hydrogen-bond donors (Lipinski definition) is 2. The lowest BCUT2D eigenvalue weighted by Gasteiger charge is -2.07. The maximum atomic E-state index is 12.8. The molecule has 0 spiro atoms. The molecule has 6 rings (SSSR count). The van der Waals surface area contributed by atoms with Crippen molar-refractivity contribution in [2.75, 3.05) is 0 Å². The number of hydrogen-bond acceptors (Lipinski definition) is 4. The third-order valence-electron chi connectivity index (χ3n) is 6.43. The van der Waals surface area contributed by atoms with Gasteiger partial charge in [-0.2, -0.15) is 26.3 Å². The zero-order chi connectivity index (χ0) is 31.8. The van der Waals surface area contributed by atoms with E-state index in [2.05, 4.69) is 9.97 Å². The highest BCUT2D eigenvalue weighted by Crippen LogP contribution is 2.33. The zero-order valence-electron chi connectivity index (χ0n) is 22.1. The molecule has 0 aliphatic heterocycles. The van der Waals surface area contributed by atoms with Gasteiger partial charge in [0.2, 0.25) is 0 Å². The Morgan fingerprint density at radius 2 is 1.09 bits per heavy atom. The Bertz CT molecular complexity index is 1880. The van der Waals surface area contributed by atoms with E-state index in [1.165, 1.54) is 53.1 Å². The van der Waals surface area contributed by atoms with Gasteiger partial charge in [-0.3, -0.25) is 4.79 Å². The highest BCUT2D eigenvalue weighted by Gasteiger charge is 2.31. The number of carboxylic acid groups (broad SMARTS) is 1. The van der Waals surface area contributed by atoms with Crippen LogP contribution in [-0.2, 0) is 12.4 Å². The number of halogens is 6. The number of aromatic carboxylic acids is 1. The van der Waals surface area contributed by atoms with E-state index in [0.717, 1.165) is 24.3 Å². The molecule has 6 aromatic rings. The average molecular weight is 612 g/mol. The van der Waals surface area contributed by atoms with E-state index >= 15 is 0 Å². The van der Waals surface area contributed by atoms with Crippen molar-refractivity contribution in [1.29, 1.82) is 0 Å². The number of primary amides is 1. The summed E-state index contributed by atoms with van der Waals surface area (Å²) in [4.78, 5) is 30.9. The van der Waals surface area contributed by atoms with E-state index in [1.54, 1.807) is 29.1 Å². The molecule has 0 saturated heterocycles. The van der Waals surface area contributed by atoms with Crippen molar-refractivity contribution >= 4 is 23.2 Å². The van der Waals surface area contributed by atoms with E-state index < -0.39 is 35.4 Å². The van der Waals surface area contributed by atoms with Crippen LogP contribution in [0.15, 0.2) is 97.6 Å². The lowest BCUT2D eigenvalue weighted by molar-refractivity contribution is -0.138. The Morgan fingerprint density at radius 1 is 0.659 bits per heavy atom. The summed E-state index contributed by atoms with van der Waals surface area (Å²) in [6, 6.07) is 15.7. The van der Waals surface area contributed by atoms with Crippen molar-refractivity contribution in [2.24, 2.45) is 5.73 Å². The molecule has 8 nitrogen and oxygen atoms in total. The van der Waals surface area contributed by atoms with E-state index in [4.69, 9.17) is 10.8 Å². The van der Waals surface area contributed by atoms with Gasteiger partial charge in [-0.05, 0) is 48.5 Å². The Kier molecular flexibility index (Phi) is 7.59. The number of fused-ring (bicyclic) bond motifs is 2. The zero-order valence-corrected chi connectivity index (χ0v) is 22.1. The standard InChI is InChI=1S/C15H10F3N3O.C15H9F3N2O2/c16-15(17,18)10-4-1-3-9(7-10)12-8-21-6-2-5-11(13(19)22)14(21)20-12;16-15(17,18)10-4-1-3-9(7-10)12-8-20-6-2-5-11(14(21)22)13(20)19-12/h1-8H,(H2,19,22);1-8H,(H,21,22). The maximum absolute atomic E-state index is 12.8. The first-order valence-corrected chi connectivity index (χ1v) is 12.6. The second-order valence-corrected chi connectivity index (χ2v) is 9.38. The number of nitrogens with zero attached hydrogens (tertiary/aromatic N) is 4. The van der Waals surface area contributed by atoms with Gasteiger partial charge < -0.3 is 19.6 Å². The highest BCUT2D eigenvalue weighted by atomic mass is 19.4. The van der Waals surface area contributed by atoms with Crippen LogP contribution >= 0.6 is 0 Å². The fourth-order valence-corrected chi connectivity index (χ4v) is 4.37. The summed E-state index contributed by atoms with van der Waals surface area (Å²) < 4.78 is 79.6. The van der Waals surface area contributed by atoms with Crippen molar-refractivity contribution in [3.63, 3.8) is 0 Å². The van der Waals surface area contributed by atoms with Crippen LogP contribution in [0.1, 0.15) is 31.8 Å². The third-order valence-corrected chi connectivity index (χ3v) is 6.43. The third kappa shape index (κ3) is 6.09. The van der Waals surface area contributed by atoms with E-state index in [9.17, 15) is 35.9 Å². The number of pyridine rings is 2. The van der Waals surface area contributed by atoms with Crippen molar-refractivity contribution in [3.05, 3.63) is 120 Å². The summed E-state index contributed by atoms with van der Waals surface area (Å²) in [6.45, 7) is 0. The summed E-state index contributed by atoms with van der Waals surface area (Å²) in [5.41, 5.74) is 5.62. The number of amides is 1. The molecule has 0 unspecified atom stereocenters. The molecule has 14 heteroatoms. The molecule has 1 amide bonds. The number of alkyl halides is 6. The average Bonchev–Trinajstić information content (AvgIpc) is 3.61. The lowest BCUT2D eigenvalue weighted by atomic mass is 10.1. The molecule has 0 radical (unpaired) electrons. The number of carboxylic acids is 1. The molecule has 0 aliphatic rings. The summed E-state index contributed by atoms with van der Waals surface area (Å²) in [5.74, 6) is -1.79. The van der Waals surface area contributed by atoms with E-state index in [1.807, 2.05) is 0 Å². The monoisotopic (exact) mass is 611 g/mol. The van der Waals surface area contributed by atoms with Crippen LogP contribution in [-0.4, -0.2) is 35.8 Å². The molecule has 0 saturated carbocycles. The molecule has 0 bridgehead atoms. The Balaban J connectivity index is 0.000000175. The number of aromatic nitrogens is 4. The molecule has 0 atom stereocenters. The minimum absolute atomic E-state index is 0.0132. The van der Waals surface area contributed by atoms with Crippen molar-refractivity contribution in [3.8, 4) is 22.5 Å². The SMILES string of the molecule is NC(=O)c1cccn2cc(-c3cccc(C(F)(F)F)c3)nc12.O=C(O)c1cccn2cc(-c3cccc(C(F)(F)F)c3)nc12. The largest absolute Gasteiger partial charge is 0.478 e. The molecule has 44 heavy (non-hydrogen) atoms. The fourth-order valence-electron chi connectivity index (χ4n) is 4.37. The molecule has 0 fully saturated rings. The predicted molar refractivity (Wildman–Crippen MR) is 147 cm³/mol. The minimum Gasteiger partial charge on any atom is -0.478 e. The number of rotatable bonds is 4. The van der Waals surface area contributed by atoms with Gasteiger partial charge in [0.1, 0.15) is 11.2 Å². The number of carbonyl (C=O) groups excluding carboxylic acids is 1. The smallest absolute Gasteiger partial charge is 0.416 e. The number of benzene rings is 2. The second kappa shape index (κ2) is 11.2. The second-order valence-electron chi connectivity index (χ2n) is 9.38. The Labute approximate surface area is 243 Å². The number of carbonyl (C=O) groups is 2. The lowest BCUT2D eigenvalue weighted by Crippen LogP contribution is -2.12. The summed E-state index contributed by atoms with van der Waals surface area (Å²) >= 11 is 0. The Hall–Kier alpha value is -5.66. The quantitative estimate of drug-likeness (QED) is 0.212. The van der Waals surface area contributed by atoms with Crippen LogP contribution in [0.3, 0.4) is 0 Å². The first kappa shape index (κ1) is 29.8. The van der Waals surface area contributed by atoms with Gasteiger partial charge in [0, 0.05) is 35.9 Å². The number of nitrogens with two attached hydrogens (primary N) is 1. The number of imidazole rings is 2. The summed E-state index contributed by atoms with van der Waals surface area (Å²) in [6.07, 6.45) is -2.58. The predicted octanol–water partition coefficient (Wildman–Crippen LogP) is 6.84. The molecule has 224 valence electrons. The molecular weight excluding hydrogens is 592 g/mol. The molecule has 2 aromatic carbocycles. The summed E-state index contributed by atoms with van der Waals surface area (Å²) in [5, 5.41) is 9.11. The van der Waals surface area contributed by atoms with E-state index in [0.29, 0.717) is 16.9 Å². The molecular formula is C30H19F6N5O3. The van der Waals surface area contributed by atoms with Crippen LogP contribution < -0.4 is 5.73 Å². The molecule has 3 N–H and O–H groups in total. The van der Waals surface area contributed by atoms with Crippen molar-refractivity contribution in [1.82, 2.24) is 18.8 Å². The van der Waals surface area contributed by atoms with Gasteiger partial charge in [0.05, 0.1) is 28.1 Å². The first-order chi connectivity index (χ1) is 20.7. The van der Waals surface area contributed by atoms with Gasteiger partial charge >= 0.3 is 18.3 Å². The van der Waals surface area contributed by atoms with Crippen LogP contribution in [0, 0.1) is 0 Å². The van der Waals surface area contributed by atoms with Gasteiger partial charge in [-0.1, -0.05) is 24.3 Å². The minimum atomic E-state index is -4.44. The van der Waals surface area contributed by atoms with Gasteiger partial charge in [0.25, 0.3) is 5.91 Å². The maximum Gasteiger partial charge on any atom is 0.416 e. The van der Waals surface area contributed by atoms with Gasteiger partial charge in [-0.25, -0.2) is 14.8 Å². The summed E-state index contributed by atoms with van der Waals surface area (Å²) in [7, 11) is 0. The first-order valence-electron chi connectivity index (χ1n) is 12.6. The normalized spacial score (nSPS) is 11.8. The van der Waals surface area contributed by atoms with Gasteiger partial charge in [-0.15, -0.1) is 0 Å². The van der Waals surface area contributed by atoms with Crippen LogP contribution in [0.2, 0.25) is 0 Å². The van der Waals surface area contributed by atoms with Gasteiger partial charge in [0.15, 0.2) is 5.65 Å².